The second-order valence-corrected chi connectivity index (χ2v) is 8.09. The van der Waals surface area contributed by atoms with Crippen LogP contribution in [0.2, 0.25) is 0 Å². The zero-order valence-electron chi connectivity index (χ0n) is 17.7. The predicted molar refractivity (Wildman–Crippen MR) is 117 cm³/mol. The van der Waals surface area contributed by atoms with Crippen LogP contribution in [0.25, 0.3) is 0 Å². The van der Waals surface area contributed by atoms with E-state index in [2.05, 4.69) is 15.6 Å². The van der Waals surface area contributed by atoms with Crippen molar-refractivity contribution in [1.82, 2.24) is 15.2 Å². The lowest BCUT2D eigenvalue weighted by molar-refractivity contribution is 0.0944. The van der Waals surface area contributed by atoms with Gasteiger partial charge < -0.3 is 20.3 Å². The first-order valence-corrected chi connectivity index (χ1v) is 10.6. The summed E-state index contributed by atoms with van der Waals surface area (Å²) in [5.74, 6) is -0.209. The van der Waals surface area contributed by atoms with Crippen LogP contribution in [0.5, 0.6) is 0 Å². The molecule has 0 atom stereocenters. The standard InChI is InChI=1S/C21H30N4O3S/c1-14(2)25(21(27)24-19-15(3)8-6-9-16(19)4)12-18-23-17(13-29-18)20(26)22-10-7-11-28-5/h6,8-9,13-14H,7,10-12H2,1-5H3,(H,22,26)(H,24,27). The zero-order chi connectivity index (χ0) is 21.4. The van der Waals surface area contributed by atoms with Gasteiger partial charge in [-0.05, 0) is 45.2 Å². The first kappa shape index (κ1) is 22.8. The van der Waals surface area contributed by atoms with E-state index in [0.717, 1.165) is 28.2 Å². The highest BCUT2D eigenvalue weighted by Gasteiger charge is 2.21. The number of thiazole rings is 1. The van der Waals surface area contributed by atoms with Crippen molar-refractivity contribution in [3.8, 4) is 0 Å². The minimum Gasteiger partial charge on any atom is -0.385 e. The number of urea groups is 1. The Morgan fingerprint density at radius 3 is 2.55 bits per heavy atom. The van der Waals surface area contributed by atoms with Crippen molar-refractivity contribution in [2.75, 3.05) is 25.6 Å². The van der Waals surface area contributed by atoms with Crippen molar-refractivity contribution < 1.29 is 14.3 Å². The van der Waals surface area contributed by atoms with Crippen LogP contribution in [-0.2, 0) is 11.3 Å². The predicted octanol–water partition coefficient (Wildman–Crippen LogP) is 3.97. The Balaban J connectivity index is 2.03. The van der Waals surface area contributed by atoms with Gasteiger partial charge in [0.1, 0.15) is 10.7 Å². The summed E-state index contributed by atoms with van der Waals surface area (Å²) in [7, 11) is 1.63. The normalized spacial score (nSPS) is 10.8. The van der Waals surface area contributed by atoms with Gasteiger partial charge in [0, 0.05) is 37.4 Å². The van der Waals surface area contributed by atoms with Gasteiger partial charge in [0.2, 0.25) is 0 Å². The van der Waals surface area contributed by atoms with Gasteiger partial charge in [0.05, 0.1) is 6.54 Å². The van der Waals surface area contributed by atoms with Gasteiger partial charge in [-0.2, -0.15) is 0 Å². The highest BCUT2D eigenvalue weighted by atomic mass is 32.1. The Morgan fingerprint density at radius 1 is 1.24 bits per heavy atom. The minimum atomic E-state index is -0.209. The van der Waals surface area contributed by atoms with Crippen LogP contribution in [0.3, 0.4) is 0 Å². The fourth-order valence-corrected chi connectivity index (χ4v) is 3.59. The van der Waals surface area contributed by atoms with Crippen LogP contribution in [-0.4, -0.2) is 48.1 Å². The second-order valence-electron chi connectivity index (χ2n) is 7.15. The summed E-state index contributed by atoms with van der Waals surface area (Å²) in [4.78, 5) is 31.2. The Labute approximate surface area is 176 Å². The van der Waals surface area contributed by atoms with Crippen molar-refractivity contribution >= 4 is 29.0 Å². The van der Waals surface area contributed by atoms with Crippen molar-refractivity contribution in [2.24, 2.45) is 0 Å². The van der Waals surface area contributed by atoms with E-state index in [1.165, 1.54) is 11.3 Å². The third-order valence-corrected chi connectivity index (χ3v) is 5.33. The lowest BCUT2D eigenvalue weighted by Crippen LogP contribution is -2.39. The number of carbonyl (C=O) groups excluding carboxylic acids is 2. The SMILES string of the molecule is COCCCNC(=O)c1csc(CN(C(=O)Nc2c(C)cccc2C)C(C)C)n1. The molecule has 1 aromatic heterocycles. The average molecular weight is 419 g/mol. The summed E-state index contributed by atoms with van der Waals surface area (Å²) in [6.07, 6.45) is 0.749. The summed E-state index contributed by atoms with van der Waals surface area (Å²) in [5.41, 5.74) is 3.24. The molecule has 8 heteroatoms. The number of nitrogens with zero attached hydrogens (tertiary/aromatic N) is 2. The number of hydrogen-bond donors (Lipinski definition) is 2. The molecule has 0 aliphatic carbocycles. The van der Waals surface area contributed by atoms with Gasteiger partial charge in [0.15, 0.2) is 0 Å². The molecule has 29 heavy (non-hydrogen) atoms. The minimum absolute atomic E-state index is 0.0189. The molecule has 2 rings (SSSR count). The van der Waals surface area contributed by atoms with Crippen molar-refractivity contribution in [3.05, 3.63) is 45.4 Å². The van der Waals surface area contributed by atoms with E-state index in [4.69, 9.17) is 4.74 Å². The van der Waals surface area contributed by atoms with Crippen LogP contribution in [0.15, 0.2) is 23.6 Å². The van der Waals surface area contributed by atoms with Crippen LogP contribution in [0.1, 0.15) is 46.9 Å². The van der Waals surface area contributed by atoms with E-state index in [9.17, 15) is 9.59 Å². The zero-order valence-corrected chi connectivity index (χ0v) is 18.6. The Kier molecular flexibility index (Phi) is 8.60. The van der Waals surface area contributed by atoms with Crippen molar-refractivity contribution in [3.63, 3.8) is 0 Å². The Morgan fingerprint density at radius 2 is 1.93 bits per heavy atom. The Hall–Kier alpha value is -2.45. The molecule has 0 radical (unpaired) electrons. The van der Waals surface area contributed by atoms with E-state index >= 15 is 0 Å². The molecular weight excluding hydrogens is 388 g/mol. The number of methoxy groups -OCH3 is 1. The number of aryl methyl sites for hydroxylation is 2. The summed E-state index contributed by atoms with van der Waals surface area (Å²) < 4.78 is 4.97. The lowest BCUT2D eigenvalue weighted by Gasteiger charge is -2.27. The molecule has 0 saturated heterocycles. The number of para-hydroxylation sites is 1. The van der Waals surface area contributed by atoms with Gasteiger partial charge in [-0.1, -0.05) is 18.2 Å². The van der Waals surface area contributed by atoms with E-state index in [-0.39, 0.29) is 18.0 Å². The molecule has 158 valence electrons. The van der Waals surface area contributed by atoms with E-state index in [1.807, 2.05) is 45.9 Å². The number of rotatable bonds is 9. The van der Waals surface area contributed by atoms with Crippen molar-refractivity contribution in [1.29, 1.82) is 0 Å². The molecule has 0 aliphatic rings. The van der Waals surface area contributed by atoms with E-state index < -0.39 is 0 Å². The molecule has 3 amide bonds. The Bertz CT molecular complexity index is 815. The molecule has 0 aliphatic heterocycles. The topological polar surface area (TPSA) is 83.6 Å². The maximum Gasteiger partial charge on any atom is 0.322 e. The smallest absolute Gasteiger partial charge is 0.322 e. The summed E-state index contributed by atoms with van der Waals surface area (Å²) in [6.45, 7) is 9.34. The highest BCUT2D eigenvalue weighted by molar-refractivity contribution is 7.09. The lowest BCUT2D eigenvalue weighted by atomic mass is 10.1. The maximum absolute atomic E-state index is 12.9. The van der Waals surface area contributed by atoms with Crippen molar-refractivity contribution in [2.45, 2.75) is 46.7 Å². The maximum atomic E-state index is 12.9. The number of hydrogen-bond acceptors (Lipinski definition) is 5. The van der Waals surface area contributed by atoms with Gasteiger partial charge in [-0.25, -0.2) is 9.78 Å². The van der Waals surface area contributed by atoms with Gasteiger partial charge in [0.25, 0.3) is 5.91 Å². The molecule has 0 spiro atoms. The number of benzene rings is 1. The summed E-state index contributed by atoms with van der Waals surface area (Å²) in [5, 5.41) is 8.29. The molecule has 2 N–H and O–H groups in total. The molecule has 0 fully saturated rings. The quantitative estimate of drug-likeness (QED) is 0.604. The number of anilines is 1. The second kappa shape index (κ2) is 10.9. The molecule has 0 bridgehead atoms. The third-order valence-electron chi connectivity index (χ3n) is 4.50. The number of carbonyl (C=O) groups is 2. The van der Waals surface area contributed by atoms with Crippen LogP contribution < -0.4 is 10.6 Å². The molecule has 2 aromatic rings. The number of ether oxygens (including phenoxy) is 1. The van der Waals surface area contributed by atoms with Crippen LogP contribution in [0.4, 0.5) is 10.5 Å². The summed E-state index contributed by atoms with van der Waals surface area (Å²) >= 11 is 1.38. The summed E-state index contributed by atoms with van der Waals surface area (Å²) in [6, 6.07) is 5.71. The molecule has 1 aromatic carbocycles. The average Bonchev–Trinajstić information content (AvgIpc) is 3.14. The van der Waals surface area contributed by atoms with Gasteiger partial charge in [-0.15, -0.1) is 11.3 Å². The number of amides is 3. The van der Waals surface area contributed by atoms with E-state index in [1.54, 1.807) is 17.4 Å². The molecular formula is C21H30N4O3S. The van der Waals surface area contributed by atoms with Gasteiger partial charge in [-0.3, -0.25) is 4.79 Å². The van der Waals surface area contributed by atoms with E-state index in [0.29, 0.717) is 25.4 Å². The molecule has 7 nitrogen and oxygen atoms in total. The number of aromatic nitrogens is 1. The third kappa shape index (κ3) is 6.54. The van der Waals surface area contributed by atoms with Crippen LogP contribution >= 0.6 is 11.3 Å². The fourth-order valence-electron chi connectivity index (χ4n) is 2.82. The molecule has 1 heterocycles. The molecule has 0 saturated carbocycles. The first-order valence-electron chi connectivity index (χ1n) is 9.68. The fraction of sp³-hybridized carbons (Fsp3) is 0.476. The first-order chi connectivity index (χ1) is 13.8. The monoisotopic (exact) mass is 418 g/mol. The largest absolute Gasteiger partial charge is 0.385 e. The van der Waals surface area contributed by atoms with Gasteiger partial charge >= 0.3 is 6.03 Å². The number of nitrogens with one attached hydrogen (secondary N) is 2. The highest BCUT2D eigenvalue weighted by Crippen LogP contribution is 2.21. The molecule has 0 unspecified atom stereocenters. The van der Waals surface area contributed by atoms with Crippen LogP contribution in [0, 0.1) is 13.8 Å².